The topological polar surface area (TPSA) is 6.48 Å². The Hall–Kier alpha value is -4.30. The van der Waals surface area contributed by atoms with Crippen molar-refractivity contribution in [3.63, 3.8) is 0 Å². The lowest BCUT2D eigenvalue weighted by Gasteiger charge is -2.45. The van der Waals surface area contributed by atoms with E-state index in [4.69, 9.17) is 0 Å². The van der Waals surface area contributed by atoms with Crippen LogP contribution in [-0.2, 0) is 37.9 Å². The zero-order chi connectivity index (χ0) is 45.0. The molecule has 0 unspecified atom stereocenters. The third-order valence-electron chi connectivity index (χ3n) is 16.2. The molecule has 2 nitrogen and oxygen atoms in total. The molecule has 3 aliphatic rings. The van der Waals surface area contributed by atoms with Crippen LogP contribution in [0, 0.1) is 0 Å². The minimum Gasteiger partial charge on any atom is -0.342 e. The first-order chi connectivity index (χ1) is 28.8. The molecule has 328 valence electrons. The Morgan fingerprint density at radius 3 is 1.42 bits per heavy atom. The third-order valence-corrected chi connectivity index (χ3v) is 16.2. The van der Waals surface area contributed by atoms with E-state index in [2.05, 4.69) is 218 Å². The maximum Gasteiger partial charge on any atom is 0.0543 e. The predicted molar refractivity (Wildman–Crippen MR) is 270 cm³/mol. The highest BCUT2D eigenvalue weighted by Crippen LogP contribution is 2.56. The van der Waals surface area contributed by atoms with Gasteiger partial charge in [-0.2, -0.15) is 0 Å². The molecule has 5 aromatic carbocycles. The summed E-state index contributed by atoms with van der Waals surface area (Å²) in [7, 11) is 0. The van der Waals surface area contributed by atoms with Crippen LogP contribution in [0.3, 0.4) is 0 Å². The summed E-state index contributed by atoms with van der Waals surface area (Å²) in [6.45, 7) is 39.8. The molecule has 0 atom stereocenters. The van der Waals surface area contributed by atoms with E-state index >= 15 is 0 Å². The molecule has 0 saturated heterocycles. The van der Waals surface area contributed by atoms with Gasteiger partial charge in [-0.3, -0.25) is 0 Å². The lowest BCUT2D eigenvalue weighted by Crippen LogP contribution is -2.35. The van der Waals surface area contributed by atoms with Crippen molar-refractivity contribution in [2.24, 2.45) is 0 Å². The van der Waals surface area contributed by atoms with Crippen molar-refractivity contribution >= 4 is 28.4 Å². The summed E-state index contributed by atoms with van der Waals surface area (Å²) in [6, 6.07) is 38.7. The molecule has 3 aliphatic carbocycles. The number of rotatable bonds is 7. The van der Waals surface area contributed by atoms with Crippen LogP contribution in [0.25, 0.3) is 11.1 Å². The van der Waals surface area contributed by atoms with Crippen LogP contribution in [-0.4, -0.2) is 6.54 Å². The van der Waals surface area contributed by atoms with Crippen LogP contribution in [0.15, 0.2) is 97.1 Å². The third kappa shape index (κ3) is 7.64. The molecule has 0 spiro atoms. The second kappa shape index (κ2) is 14.9. The van der Waals surface area contributed by atoms with Crippen molar-refractivity contribution in [1.82, 2.24) is 0 Å². The van der Waals surface area contributed by atoms with Gasteiger partial charge in [-0.1, -0.05) is 152 Å². The second-order valence-electron chi connectivity index (χ2n) is 24.6. The summed E-state index contributed by atoms with van der Waals surface area (Å²) in [6.07, 6.45) is 7.14. The van der Waals surface area contributed by atoms with Gasteiger partial charge in [0.2, 0.25) is 0 Å². The van der Waals surface area contributed by atoms with Gasteiger partial charge in [0.1, 0.15) is 0 Å². The Bertz CT molecular complexity index is 2500. The average Bonchev–Trinajstić information content (AvgIpc) is 3.20. The Kier molecular flexibility index (Phi) is 10.6. The number of fused-ring (bicyclic) bond motifs is 3. The Morgan fingerprint density at radius 1 is 0.435 bits per heavy atom. The summed E-state index contributed by atoms with van der Waals surface area (Å²) in [4.78, 5) is 5.23. The smallest absolute Gasteiger partial charge is 0.0543 e. The number of benzene rings is 5. The number of anilines is 5. The molecule has 0 N–H and O–H groups in total. The standard InChI is InChI=1S/C60H78N2/c1-17-61(42-23-25-46-49(38-42)58(11,12)31-29-55(46,5)6)44-35-41(54(2,3)4)36-45(37-44)62(43-24-26-47-50(39-43)59(13,14)32-30-56(47,7)8)51-28-27-48-53(52(51)40-21-19-18-20-22-40)60(15,16)34-33-57(48,9)10/h18-28,35-39H,17,29-34H2,1-16H3. The van der Waals surface area contributed by atoms with Crippen LogP contribution < -0.4 is 9.80 Å². The molecule has 0 saturated carbocycles. The fourth-order valence-corrected chi connectivity index (χ4v) is 11.5. The van der Waals surface area contributed by atoms with E-state index in [9.17, 15) is 0 Å². The quantitative estimate of drug-likeness (QED) is 0.161. The highest BCUT2D eigenvalue weighted by atomic mass is 15.2. The maximum absolute atomic E-state index is 2.66. The van der Waals surface area contributed by atoms with Crippen molar-refractivity contribution in [1.29, 1.82) is 0 Å². The average molecular weight is 827 g/mol. The minimum atomic E-state index is -0.0797. The molecular weight excluding hydrogens is 749 g/mol. The Labute approximate surface area is 377 Å². The van der Waals surface area contributed by atoms with Crippen molar-refractivity contribution in [2.45, 2.75) is 187 Å². The first-order valence-corrected chi connectivity index (χ1v) is 24.0. The Balaban J connectivity index is 1.45. The summed E-state index contributed by atoms with van der Waals surface area (Å²) in [5.41, 5.74) is 19.7. The van der Waals surface area contributed by atoms with E-state index in [1.165, 1.54) is 111 Å². The highest BCUT2D eigenvalue weighted by molar-refractivity contribution is 5.92. The summed E-state index contributed by atoms with van der Waals surface area (Å²) < 4.78 is 0. The SMILES string of the molecule is CCN(c1cc(N(c2ccc3c(c2)C(C)(C)CCC3(C)C)c2ccc3c(c2-c2ccccc2)C(C)(C)CCC3(C)C)cc(C(C)(C)C)c1)c1ccc2c(c1)C(C)(C)CCC2(C)C. The lowest BCUT2D eigenvalue weighted by molar-refractivity contribution is 0.332. The molecule has 0 bridgehead atoms. The van der Waals surface area contributed by atoms with Gasteiger partial charge in [0.15, 0.2) is 0 Å². The molecule has 2 heteroatoms. The van der Waals surface area contributed by atoms with E-state index in [0.717, 1.165) is 13.0 Å². The van der Waals surface area contributed by atoms with E-state index in [-0.39, 0.29) is 37.9 Å². The van der Waals surface area contributed by atoms with Gasteiger partial charge in [0, 0.05) is 34.9 Å². The summed E-state index contributed by atoms with van der Waals surface area (Å²) >= 11 is 0. The monoisotopic (exact) mass is 827 g/mol. The van der Waals surface area contributed by atoms with Crippen molar-refractivity contribution in [3.05, 3.63) is 136 Å². The van der Waals surface area contributed by atoms with E-state index in [1.54, 1.807) is 0 Å². The van der Waals surface area contributed by atoms with Crippen LogP contribution in [0.1, 0.15) is 188 Å². The van der Waals surface area contributed by atoms with Gasteiger partial charge in [0.05, 0.1) is 5.69 Å². The van der Waals surface area contributed by atoms with E-state index < -0.39 is 0 Å². The van der Waals surface area contributed by atoms with E-state index in [1.807, 2.05) is 0 Å². The maximum atomic E-state index is 2.66. The Morgan fingerprint density at radius 2 is 0.887 bits per heavy atom. The zero-order valence-corrected chi connectivity index (χ0v) is 41.6. The first kappa shape index (κ1) is 44.3. The fourth-order valence-electron chi connectivity index (χ4n) is 11.5. The molecule has 0 aliphatic heterocycles. The van der Waals surface area contributed by atoms with Gasteiger partial charge in [-0.05, 0) is 176 Å². The van der Waals surface area contributed by atoms with E-state index in [0.29, 0.717) is 0 Å². The molecule has 0 aromatic heterocycles. The van der Waals surface area contributed by atoms with Gasteiger partial charge in [-0.25, -0.2) is 0 Å². The zero-order valence-electron chi connectivity index (χ0n) is 41.6. The molecule has 5 aromatic rings. The molecule has 0 amide bonds. The van der Waals surface area contributed by atoms with Gasteiger partial charge in [0.25, 0.3) is 0 Å². The van der Waals surface area contributed by atoms with Crippen molar-refractivity contribution < 1.29 is 0 Å². The fraction of sp³-hybridized carbons (Fsp3) is 0.500. The normalized spacial score (nSPS) is 20.1. The number of nitrogens with zero attached hydrogens (tertiary/aromatic N) is 2. The summed E-state index contributed by atoms with van der Waals surface area (Å²) in [5, 5.41) is 0. The van der Waals surface area contributed by atoms with Crippen molar-refractivity contribution in [3.8, 4) is 11.1 Å². The van der Waals surface area contributed by atoms with Crippen LogP contribution in [0.4, 0.5) is 28.4 Å². The highest BCUT2D eigenvalue weighted by Gasteiger charge is 2.42. The van der Waals surface area contributed by atoms with Crippen LogP contribution in [0.5, 0.6) is 0 Å². The van der Waals surface area contributed by atoms with Crippen molar-refractivity contribution in [2.75, 3.05) is 16.3 Å². The molecule has 0 heterocycles. The van der Waals surface area contributed by atoms with Gasteiger partial charge < -0.3 is 9.80 Å². The van der Waals surface area contributed by atoms with Crippen LogP contribution >= 0.6 is 0 Å². The molecular formula is C60H78N2. The largest absolute Gasteiger partial charge is 0.342 e. The second-order valence-corrected chi connectivity index (χ2v) is 24.6. The molecule has 0 radical (unpaired) electrons. The van der Waals surface area contributed by atoms with Gasteiger partial charge >= 0.3 is 0 Å². The first-order valence-electron chi connectivity index (χ1n) is 24.0. The molecule has 8 rings (SSSR count). The van der Waals surface area contributed by atoms with Crippen LogP contribution in [0.2, 0.25) is 0 Å². The predicted octanol–water partition coefficient (Wildman–Crippen LogP) is 17.3. The van der Waals surface area contributed by atoms with Gasteiger partial charge in [-0.15, -0.1) is 0 Å². The number of hydrogen-bond acceptors (Lipinski definition) is 2. The number of hydrogen-bond donors (Lipinski definition) is 0. The minimum absolute atomic E-state index is 0.00575. The molecule has 0 fully saturated rings. The summed E-state index contributed by atoms with van der Waals surface area (Å²) in [5.74, 6) is 0. The lowest BCUT2D eigenvalue weighted by atomic mass is 9.61. The molecule has 62 heavy (non-hydrogen) atoms.